The molecule has 0 atom stereocenters. The second-order valence-corrected chi connectivity index (χ2v) is 5.03. The fourth-order valence-electron chi connectivity index (χ4n) is 2.26. The van der Waals surface area contributed by atoms with Crippen LogP contribution in [0.5, 0.6) is 0 Å². The molecule has 0 radical (unpaired) electrons. The van der Waals surface area contributed by atoms with Crippen LogP contribution in [0.2, 0.25) is 0 Å². The summed E-state index contributed by atoms with van der Waals surface area (Å²) in [5.74, 6) is -0.524. The number of carbonyl (C=O) groups is 1. The summed E-state index contributed by atoms with van der Waals surface area (Å²) in [4.78, 5) is 11.8. The molecule has 0 unspecified atom stereocenters. The van der Waals surface area contributed by atoms with Crippen molar-refractivity contribution in [1.82, 2.24) is 0 Å². The first-order chi connectivity index (χ1) is 8.56. The second kappa shape index (κ2) is 5.38. The molecule has 3 nitrogen and oxygen atoms in total. The van der Waals surface area contributed by atoms with Crippen molar-refractivity contribution in [1.29, 1.82) is 0 Å². The van der Waals surface area contributed by atoms with E-state index in [-0.39, 0.29) is 11.7 Å². The Labute approximate surface area is 106 Å². The quantitative estimate of drug-likeness (QED) is 0.649. The molecule has 18 heavy (non-hydrogen) atoms. The molecule has 1 saturated carbocycles. The van der Waals surface area contributed by atoms with E-state index in [9.17, 15) is 9.18 Å². The van der Waals surface area contributed by atoms with Gasteiger partial charge in [-0.15, -0.1) is 0 Å². The number of benzene rings is 1. The molecular formula is C14H18FNO2. The molecular weight excluding hydrogens is 233 g/mol. The molecule has 0 saturated heterocycles. The van der Waals surface area contributed by atoms with Crippen molar-refractivity contribution in [2.75, 3.05) is 5.73 Å². The third-order valence-electron chi connectivity index (χ3n) is 3.45. The van der Waals surface area contributed by atoms with Gasteiger partial charge in [-0.05, 0) is 49.8 Å². The van der Waals surface area contributed by atoms with Gasteiger partial charge in [0.25, 0.3) is 0 Å². The van der Waals surface area contributed by atoms with Crippen LogP contribution in [-0.2, 0) is 4.74 Å². The Kier molecular flexibility index (Phi) is 3.84. The molecule has 0 spiro atoms. The van der Waals surface area contributed by atoms with Gasteiger partial charge < -0.3 is 10.5 Å². The van der Waals surface area contributed by atoms with Crippen LogP contribution in [0.25, 0.3) is 0 Å². The maximum atomic E-state index is 13.5. The van der Waals surface area contributed by atoms with Crippen molar-refractivity contribution in [3.63, 3.8) is 0 Å². The number of hydrogen-bond acceptors (Lipinski definition) is 3. The Morgan fingerprint density at radius 1 is 1.33 bits per heavy atom. The van der Waals surface area contributed by atoms with Gasteiger partial charge in [-0.25, -0.2) is 9.18 Å². The largest absolute Gasteiger partial charge is 0.459 e. The number of carbonyl (C=O) groups excluding carboxylic acids is 1. The smallest absolute Gasteiger partial charge is 0.341 e. The average molecular weight is 251 g/mol. The molecule has 1 aliphatic rings. The molecule has 1 fully saturated rings. The van der Waals surface area contributed by atoms with Gasteiger partial charge in [0, 0.05) is 5.69 Å². The van der Waals surface area contributed by atoms with Gasteiger partial charge in [0.05, 0.1) is 5.56 Å². The predicted molar refractivity (Wildman–Crippen MR) is 67.6 cm³/mol. The standard InChI is InChI=1S/C14H18FNO2/c1-9-2-5-11(6-3-9)18-14(17)12-7-4-10(16)8-13(12)15/h4,7-9,11H,2-3,5-6,16H2,1H3. The summed E-state index contributed by atoms with van der Waals surface area (Å²) < 4.78 is 18.9. The molecule has 1 aromatic carbocycles. The van der Waals surface area contributed by atoms with Gasteiger partial charge in [-0.2, -0.15) is 0 Å². The molecule has 98 valence electrons. The number of ether oxygens (including phenoxy) is 1. The van der Waals surface area contributed by atoms with E-state index in [1.807, 2.05) is 0 Å². The van der Waals surface area contributed by atoms with Gasteiger partial charge in [-0.3, -0.25) is 0 Å². The monoisotopic (exact) mass is 251 g/mol. The minimum Gasteiger partial charge on any atom is -0.459 e. The van der Waals surface area contributed by atoms with Crippen molar-refractivity contribution < 1.29 is 13.9 Å². The summed E-state index contributed by atoms with van der Waals surface area (Å²) in [5, 5.41) is 0. The SMILES string of the molecule is CC1CCC(OC(=O)c2ccc(N)cc2F)CC1. The van der Waals surface area contributed by atoms with Crippen molar-refractivity contribution in [3.05, 3.63) is 29.6 Å². The van der Waals surface area contributed by atoms with E-state index in [0.29, 0.717) is 11.6 Å². The number of nitrogens with two attached hydrogens (primary N) is 1. The zero-order chi connectivity index (χ0) is 13.1. The normalized spacial score (nSPS) is 23.7. The lowest BCUT2D eigenvalue weighted by Crippen LogP contribution is -2.24. The Balaban J connectivity index is 1.99. The lowest BCUT2D eigenvalue weighted by atomic mass is 9.89. The minimum atomic E-state index is -0.621. The lowest BCUT2D eigenvalue weighted by Gasteiger charge is -2.26. The van der Waals surface area contributed by atoms with E-state index in [4.69, 9.17) is 10.5 Å². The van der Waals surface area contributed by atoms with E-state index in [1.54, 1.807) is 0 Å². The number of nitrogen functional groups attached to an aromatic ring is 1. The van der Waals surface area contributed by atoms with E-state index in [2.05, 4.69) is 6.92 Å². The summed E-state index contributed by atoms with van der Waals surface area (Å²) >= 11 is 0. The fourth-order valence-corrected chi connectivity index (χ4v) is 2.26. The molecule has 2 rings (SSSR count). The first-order valence-electron chi connectivity index (χ1n) is 6.32. The number of anilines is 1. The highest BCUT2D eigenvalue weighted by Crippen LogP contribution is 2.26. The molecule has 0 bridgehead atoms. The van der Waals surface area contributed by atoms with Crippen molar-refractivity contribution >= 4 is 11.7 Å². The Hall–Kier alpha value is -1.58. The van der Waals surface area contributed by atoms with Crippen molar-refractivity contribution in [2.45, 2.75) is 38.7 Å². The number of hydrogen-bond donors (Lipinski definition) is 1. The third-order valence-corrected chi connectivity index (χ3v) is 3.45. The van der Waals surface area contributed by atoms with Gasteiger partial charge in [-0.1, -0.05) is 6.92 Å². The van der Waals surface area contributed by atoms with Gasteiger partial charge in [0.2, 0.25) is 0 Å². The zero-order valence-corrected chi connectivity index (χ0v) is 10.5. The van der Waals surface area contributed by atoms with Gasteiger partial charge >= 0.3 is 5.97 Å². The number of halogens is 1. The number of rotatable bonds is 2. The van der Waals surface area contributed by atoms with Gasteiger partial charge in [0.1, 0.15) is 11.9 Å². The van der Waals surface area contributed by atoms with Crippen LogP contribution in [0.4, 0.5) is 10.1 Å². The maximum absolute atomic E-state index is 13.5. The first-order valence-corrected chi connectivity index (χ1v) is 6.32. The van der Waals surface area contributed by atoms with E-state index >= 15 is 0 Å². The maximum Gasteiger partial charge on any atom is 0.341 e. The van der Waals surface area contributed by atoms with Crippen LogP contribution >= 0.6 is 0 Å². The van der Waals surface area contributed by atoms with Crippen LogP contribution in [0.15, 0.2) is 18.2 Å². The molecule has 4 heteroatoms. The molecule has 2 N–H and O–H groups in total. The Morgan fingerprint density at radius 3 is 2.61 bits per heavy atom. The first kappa shape index (κ1) is 12.9. The topological polar surface area (TPSA) is 52.3 Å². The third kappa shape index (κ3) is 3.00. The summed E-state index contributed by atoms with van der Waals surface area (Å²) in [6, 6.07) is 4.01. The molecule has 0 amide bonds. The van der Waals surface area contributed by atoms with Crippen molar-refractivity contribution in [2.24, 2.45) is 5.92 Å². The zero-order valence-electron chi connectivity index (χ0n) is 10.5. The number of esters is 1. The highest BCUT2D eigenvalue weighted by molar-refractivity contribution is 5.90. The van der Waals surface area contributed by atoms with Crippen molar-refractivity contribution in [3.8, 4) is 0 Å². The lowest BCUT2D eigenvalue weighted by molar-refractivity contribution is 0.0169. The Morgan fingerprint density at radius 2 is 2.00 bits per heavy atom. The minimum absolute atomic E-state index is 0.0391. The fraction of sp³-hybridized carbons (Fsp3) is 0.500. The van der Waals surface area contributed by atoms with Crippen LogP contribution in [0.3, 0.4) is 0 Å². The highest BCUT2D eigenvalue weighted by atomic mass is 19.1. The highest BCUT2D eigenvalue weighted by Gasteiger charge is 2.23. The molecule has 0 heterocycles. The summed E-state index contributed by atoms with van der Waals surface area (Å²) in [6.45, 7) is 2.19. The van der Waals surface area contributed by atoms with Crippen LogP contribution in [0.1, 0.15) is 43.0 Å². The van der Waals surface area contributed by atoms with Crippen LogP contribution < -0.4 is 5.73 Å². The molecule has 1 aromatic rings. The van der Waals surface area contributed by atoms with Crippen LogP contribution in [-0.4, -0.2) is 12.1 Å². The second-order valence-electron chi connectivity index (χ2n) is 5.03. The summed E-state index contributed by atoms with van der Waals surface area (Å²) in [6.07, 6.45) is 3.77. The Bertz CT molecular complexity index is 439. The van der Waals surface area contributed by atoms with Crippen LogP contribution in [0, 0.1) is 11.7 Å². The van der Waals surface area contributed by atoms with E-state index in [0.717, 1.165) is 31.7 Å². The predicted octanol–water partition coefficient (Wildman–Crippen LogP) is 3.14. The van der Waals surface area contributed by atoms with Gasteiger partial charge in [0.15, 0.2) is 0 Å². The summed E-state index contributed by atoms with van der Waals surface area (Å²) in [5.41, 5.74) is 5.70. The summed E-state index contributed by atoms with van der Waals surface area (Å²) in [7, 11) is 0. The molecule has 0 aliphatic heterocycles. The average Bonchev–Trinajstić information content (AvgIpc) is 2.32. The molecule has 1 aliphatic carbocycles. The van der Waals surface area contributed by atoms with E-state index in [1.165, 1.54) is 12.1 Å². The van der Waals surface area contributed by atoms with E-state index < -0.39 is 11.8 Å². The molecule has 0 aromatic heterocycles.